The van der Waals surface area contributed by atoms with Gasteiger partial charge in [-0.15, -0.1) is 11.8 Å². The minimum atomic E-state index is -0.588. The van der Waals surface area contributed by atoms with Crippen molar-refractivity contribution in [2.45, 2.75) is 31.3 Å². The van der Waals surface area contributed by atoms with Gasteiger partial charge < -0.3 is 20.7 Å². The highest BCUT2D eigenvalue weighted by Crippen LogP contribution is 2.18. The molecule has 0 unspecified atom stereocenters. The fourth-order valence-electron chi connectivity index (χ4n) is 2.37. The first-order chi connectivity index (χ1) is 13.9. The van der Waals surface area contributed by atoms with Crippen LogP contribution in [0.25, 0.3) is 0 Å². The Bertz CT molecular complexity index is 853. The lowest BCUT2D eigenvalue weighted by molar-refractivity contribution is -0.119. The molecular weight excluding hydrogens is 390 g/mol. The van der Waals surface area contributed by atoms with Crippen LogP contribution in [0.15, 0.2) is 53.4 Å². The molecule has 2 aromatic carbocycles. The van der Waals surface area contributed by atoms with E-state index in [0.717, 1.165) is 10.5 Å². The molecule has 3 N–H and O–H groups in total. The van der Waals surface area contributed by atoms with Gasteiger partial charge in [0.15, 0.2) is 6.61 Å². The zero-order valence-electron chi connectivity index (χ0n) is 16.7. The van der Waals surface area contributed by atoms with Gasteiger partial charge in [-0.2, -0.15) is 0 Å². The van der Waals surface area contributed by atoms with Crippen LogP contribution in [0.2, 0.25) is 0 Å². The summed E-state index contributed by atoms with van der Waals surface area (Å²) in [6, 6.07) is 13.8. The van der Waals surface area contributed by atoms with Crippen molar-refractivity contribution in [3.05, 3.63) is 59.7 Å². The number of carbonyl (C=O) groups excluding carboxylic acids is 3. The summed E-state index contributed by atoms with van der Waals surface area (Å²) in [5, 5.41) is 8.16. The molecule has 0 fully saturated rings. The van der Waals surface area contributed by atoms with Crippen molar-refractivity contribution in [2.24, 2.45) is 0 Å². The SMILES string of the molecule is CSc1cccc(NC(=O)COC(=O)c2ccc(CNC(=O)NC(C)C)cc2)c1. The van der Waals surface area contributed by atoms with E-state index in [1.165, 1.54) is 0 Å². The lowest BCUT2D eigenvalue weighted by Crippen LogP contribution is -2.39. The van der Waals surface area contributed by atoms with Crippen LogP contribution in [0.5, 0.6) is 0 Å². The third-order valence-corrected chi connectivity index (χ3v) is 4.48. The van der Waals surface area contributed by atoms with Gasteiger partial charge in [-0.3, -0.25) is 4.79 Å². The number of benzene rings is 2. The van der Waals surface area contributed by atoms with Crippen molar-refractivity contribution < 1.29 is 19.1 Å². The van der Waals surface area contributed by atoms with Crippen molar-refractivity contribution in [3.63, 3.8) is 0 Å². The summed E-state index contributed by atoms with van der Waals surface area (Å²) in [7, 11) is 0. The maximum atomic E-state index is 12.1. The molecule has 0 atom stereocenters. The predicted octanol–water partition coefficient (Wildman–Crippen LogP) is 3.41. The Hall–Kier alpha value is -3.00. The number of rotatable bonds is 8. The van der Waals surface area contributed by atoms with Gasteiger partial charge >= 0.3 is 12.0 Å². The first-order valence-electron chi connectivity index (χ1n) is 9.11. The number of ether oxygens (including phenoxy) is 1. The van der Waals surface area contributed by atoms with Crippen molar-refractivity contribution in [1.82, 2.24) is 10.6 Å². The fourth-order valence-corrected chi connectivity index (χ4v) is 2.83. The van der Waals surface area contributed by atoms with Crippen LogP contribution in [-0.2, 0) is 16.1 Å². The standard InChI is InChI=1S/C21H25N3O4S/c1-14(2)23-21(27)22-12-15-7-9-16(10-8-15)20(26)28-13-19(25)24-17-5-4-6-18(11-17)29-3/h4-11,14H,12-13H2,1-3H3,(H,24,25)(H2,22,23,27). The average Bonchev–Trinajstić information content (AvgIpc) is 2.70. The highest BCUT2D eigenvalue weighted by atomic mass is 32.2. The van der Waals surface area contributed by atoms with E-state index >= 15 is 0 Å². The van der Waals surface area contributed by atoms with E-state index in [2.05, 4.69) is 16.0 Å². The first-order valence-corrected chi connectivity index (χ1v) is 10.3. The Morgan fingerprint density at radius 2 is 1.79 bits per heavy atom. The van der Waals surface area contributed by atoms with E-state index in [0.29, 0.717) is 17.8 Å². The largest absolute Gasteiger partial charge is 0.452 e. The number of anilines is 1. The van der Waals surface area contributed by atoms with Crippen LogP contribution in [0, 0.1) is 0 Å². The summed E-state index contributed by atoms with van der Waals surface area (Å²) in [5.74, 6) is -0.997. The van der Waals surface area contributed by atoms with Crippen LogP contribution in [-0.4, -0.2) is 36.8 Å². The first kappa shape index (κ1) is 22.3. The van der Waals surface area contributed by atoms with Crippen molar-refractivity contribution in [2.75, 3.05) is 18.2 Å². The Balaban J connectivity index is 1.79. The summed E-state index contributed by atoms with van der Waals surface area (Å²) >= 11 is 1.57. The summed E-state index contributed by atoms with van der Waals surface area (Å²) in [6.45, 7) is 3.72. The monoisotopic (exact) mass is 415 g/mol. The van der Waals surface area contributed by atoms with E-state index in [-0.39, 0.29) is 18.7 Å². The number of esters is 1. The zero-order valence-corrected chi connectivity index (χ0v) is 17.5. The molecule has 3 amide bonds. The van der Waals surface area contributed by atoms with Crippen LogP contribution >= 0.6 is 11.8 Å². The molecule has 0 aliphatic carbocycles. The van der Waals surface area contributed by atoms with Crippen molar-refractivity contribution in [3.8, 4) is 0 Å². The van der Waals surface area contributed by atoms with E-state index in [4.69, 9.17) is 4.74 Å². The van der Waals surface area contributed by atoms with Crippen LogP contribution in [0.3, 0.4) is 0 Å². The number of urea groups is 1. The Kier molecular flexibility index (Phi) is 8.54. The van der Waals surface area contributed by atoms with Gasteiger partial charge in [0.25, 0.3) is 5.91 Å². The van der Waals surface area contributed by atoms with E-state index < -0.39 is 11.9 Å². The predicted molar refractivity (Wildman–Crippen MR) is 114 cm³/mol. The Morgan fingerprint density at radius 1 is 1.07 bits per heavy atom. The summed E-state index contributed by atoms with van der Waals surface area (Å²) < 4.78 is 5.06. The number of carbonyl (C=O) groups is 3. The highest BCUT2D eigenvalue weighted by Gasteiger charge is 2.11. The molecule has 0 aromatic heterocycles. The molecule has 0 heterocycles. The molecule has 0 bridgehead atoms. The maximum absolute atomic E-state index is 12.1. The number of hydrogen-bond donors (Lipinski definition) is 3. The molecule has 0 saturated heterocycles. The van der Waals surface area contributed by atoms with E-state index in [9.17, 15) is 14.4 Å². The summed E-state index contributed by atoms with van der Waals surface area (Å²) in [5.41, 5.74) is 1.82. The highest BCUT2D eigenvalue weighted by molar-refractivity contribution is 7.98. The Morgan fingerprint density at radius 3 is 2.45 bits per heavy atom. The minimum absolute atomic E-state index is 0.0545. The molecule has 0 aliphatic rings. The molecule has 29 heavy (non-hydrogen) atoms. The molecule has 0 radical (unpaired) electrons. The van der Waals surface area contributed by atoms with Gasteiger partial charge in [-0.1, -0.05) is 18.2 Å². The fraction of sp³-hybridized carbons (Fsp3) is 0.286. The molecule has 2 rings (SSSR count). The van der Waals surface area contributed by atoms with Gasteiger partial charge in [0, 0.05) is 23.2 Å². The lowest BCUT2D eigenvalue weighted by Gasteiger charge is -2.10. The van der Waals surface area contributed by atoms with Crippen molar-refractivity contribution in [1.29, 1.82) is 0 Å². The van der Waals surface area contributed by atoms with Gasteiger partial charge in [0.1, 0.15) is 0 Å². The van der Waals surface area contributed by atoms with Crippen LogP contribution in [0.1, 0.15) is 29.8 Å². The molecule has 154 valence electrons. The number of thioether (sulfide) groups is 1. The van der Waals surface area contributed by atoms with Gasteiger partial charge in [0.2, 0.25) is 0 Å². The van der Waals surface area contributed by atoms with E-state index in [1.807, 2.05) is 38.3 Å². The van der Waals surface area contributed by atoms with Gasteiger partial charge in [-0.25, -0.2) is 9.59 Å². The molecule has 0 aliphatic heterocycles. The maximum Gasteiger partial charge on any atom is 0.338 e. The lowest BCUT2D eigenvalue weighted by atomic mass is 10.1. The molecule has 2 aromatic rings. The second-order valence-electron chi connectivity index (χ2n) is 6.53. The summed E-state index contributed by atoms with van der Waals surface area (Å²) in [4.78, 5) is 36.7. The molecular formula is C21H25N3O4S. The van der Waals surface area contributed by atoms with Gasteiger partial charge in [-0.05, 0) is 56.0 Å². The minimum Gasteiger partial charge on any atom is -0.452 e. The summed E-state index contributed by atoms with van der Waals surface area (Å²) in [6.07, 6.45) is 1.95. The Labute approximate surface area is 174 Å². The molecule has 7 nitrogen and oxygen atoms in total. The molecule has 0 saturated carbocycles. The second kappa shape index (κ2) is 11.1. The normalized spacial score (nSPS) is 10.3. The van der Waals surface area contributed by atoms with Crippen molar-refractivity contribution >= 4 is 35.4 Å². The van der Waals surface area contributed by atoms with Crippen LogP contribution < -0.4 is 16.0 Å². The zero-order chi connectivity index (χ0) is 21.2. The average molecular weight is 416 g/mol. The third-order valence-electron chi connectivity index (χ3n) is 3.75. The van der Waals surface area contributed by atoms with Crippen LogP contribution in [0.4, 0.5) is 10.5 Å². The van der Waals surface area contributed by atoms with Gasteiger partial charge in [0.05, 0.1) is 5.56 Å². The topological polar surface area (TPSA) is 96.5 Å². The quantitative estimate of drug-likeness (QED) is 0.454. The smallest absolute Gasteiger partial charge is 0.338 e. The third kappa shape index (κ3) is 7.87. The number of nitrogens with one attached hydrogen (secondary N) is 3. The second-order valence-corrected chi connectivity index (χ2v) is 7.41. The number of amides is 3. The molecule has 8 heteroatoms. The number of hydrogen-bond acceptors (Lipinski definition) is 5. The van der Waals surface area contributed by atoms with E-state index in [1.54, 1.807) is 42.1 Å². The molecule has 0 spiro atoms.